The molecule has 1 aromatic carbocycles. The maximum atomic E-state index is 7.27. The van der Waals surface area contributed by atoms with Crippen molar-refractivity contribution < 1.29 is 4.42 Å². The highest BCUT2D eigenvalue weighted by molar-refractivity contribution is 7.98. The molecule has 0 unspecified atom stereocenters. The second-order valence-electron chi connectivity index (χ2n) is 2.90. The SMILES string of the molecule is CSc1cccc2cc(C(=N)N)oc12. The zero-order valence-electron chi connectivity index (χ0n) is 7.70. The van der Waals surface area contributed by atoms with Crippen molar-refractivity contribution in [1.29, 1.82) is 5.41 Å². The predicted octanol–water partition coefficient (Wildman–Crippen LogP) is 2.44. The standard InChI is InChI=1S/C10H10N2OS/c1-14-8-4-2-3-6-5-7(10(11)12)13-9(6)8/h2-5H,1H3,(H3,11,12). The van der Waals surface area contributed by atoms with Crippen molar-refractivity contribution in [2.75, 3.05) is 6.26 Å². The minimum absolute atomic E-state index is 0.0340. The number of hydrogen-bond acceptors (Lipinski definition) is 3. The van der Waals surface area contributed by atoms with Crippen LogP contribution in [0.1, 0.15) is 5.76 Å². The lowest BCUT2D eigenvalue weighted by Crippen LogP contribution is -2.09. The Labute approximate surface area is 85.8 Å². The van der Waals surface area contributed by atoms with Crippen molar-refractivity contribution in [2.24, 2.45) is 5.73 Å². The maximum Gasteiger partial charge on any atom is 0.169 e. The highest BCUT2D eigenvalue weighted by atomic mass is 32.2. The van der Waals surface area contributed by atoms with Crippen molar-refractivity contribution in [1.82, 2.24) is 0 Å². The Bertz CT molecular complexity index is 490. The molecule has 0 saturated carbocycles. The molecule has 0 aliphatic rings. The van der Waals surface area contributed by atoms with Gasteiger partial charge < -0.3 is 10.2 Å². The Morgan fingerprint density at radius 2 is 2.29 bits per heavy atom. The Kier molecular flexibility index (Phi) is 2.21. The Morgan fingerprint density at radius 1 is 1.50 bits per heavy atom. The van der Waals surface area contributed by atoms with Gasteiger partial charge >= 0.3 is 0 Å². The summed E-state index contributed by atoms with van der Waals surface area (Å²) in [6.07, 6.45) is 1.99. The van der Waals surface area contributed by atoms with Crippen molar-refractivity contribution in [3.63, 3.8) is 0 Å². The summed E-state index contributed by atoms with van der Waals surface area (Å²) in [6, 6.07) is 7.69. The Hall–Kier alpha value is -1.42. The third-order valence-electron chi connectivity index (χ3n) is 1.99. The molecule has 0 atom stereocenters. The van der Waals surface area contributed by atoms with E-state index < -0.39 is 0 Å². The molecule has 0 fully saturated rings. The smallest absolute Gasteiger partial charge is 0.169 e. The third kappa shape index (κ3) is 1.37. The van der Waals surface area contributed by atoms with Gasteiger partial charge in [0.2, 0.25) is 0 Å². The lowest BCUT2D eigenvalue weighted by molar-refractivity contribution is 0.596. The Morgan fingerprint density at radius 3 is 2.93 bits per heavy atom. The second kappa shape index (κ2) is 3.38. The fraction of sp³-hybridized carbons (Fsp3) is 0.100. The molecule has 2 rings (SSSR count). The molecule has 4 heteroatoms. The molecule has 14 heavy (non-hydrogen) atoms. The molecular weight excluding hydrogens is 196 g/mol. The van der Waals surface area contributed by atoms with Crippen LogP contribution >= 0.6 is 11.8 Å². The van der Waals surface area contributed by atoms with Gasteiger partial charge in [-0.05, 0) is 18.4 Å². The van der Waals surface area contributed by atoms with Crippen LogP contribution in [0.3, 0.4) is 0 Å². The summed E-state index contributed by atoms with van der Waals surface area (Å²) in [6.45, 7) is 0. The van der Waals surface area contributed by atoms with Crippen LogP contribution in [0.25, 0.3) is 11.0 Å². The van der Waals surface area contributed by atoms with Crippen LogP contribution in [0.4, 0.5) is 0 Å². The quantitative estimate of drug-likeness (QED) is 0.450. The molecule has 0 amide bonds. The van der Waals surface area contributed by atoms with Crippen molar-refractivity contribution in [3.8, 4) is 0 Å². The first-order valence-corrected chi connectivity index (χ1v) is 5.36. The van der Waals surface area contributed by atoms with Gasteiger partial charge in [-0.1, -0.05) is 12.1 Å². The molecule has 72 valence electrons. The first kappa shape index (κ1) is 9.15. The summed E-state index contributed by atoms with van der Waals surface area (Å²) in [7, 11) is 0. The normalized spacial score (nSPS) is 10.6. The summed E-state index contributed by atoms with van der Waals surface area (Å²) >= 11 is 1.62. The van der Waals surface area contributed by atoms with Crippen molar-refractivity contribution in [2.45, 2.75) is 4.90 Å². The van der Waals surface area contributed by atoms with Crippen LogP contribution in [0.15, 0.2) is 33.6 Å². The molecule has 2 aromatic rings. The van der Waals surface area contributed by atoms with Crippen LogP contribution in [0.2, 0.25) is 0 Å². The number of rotatable bonds is 2. The van der Waals surface area contributed by atoms with E-state index in [1.807, 2.05) is 24.5 Å². The second-order valence-corrected chi connectivity index (χ2v) is 3.75. The van der Waals surface area contributed by atoms with Gasteiger partial charge in [-0.3, -0.25) is 5.41 Å². The van der Waals surface area contributed by atoms with Gasteiger partial charge in [0.05, 0.1) is 4.90 Å². The fourth-order valence-electron chi connectivity index (χ4n) is 1.33. The first-order valence-electron chi connectivity index (χ1n) is 4.13. The Balaban J connectivity index is 2.70. The maximum absolute atomic E-state index is 7.27. The summed E-state index contributed by atoms with van der Waals surface area (Å²) in [5.74, 6) is 0.398. The average Bonchev–Trinajstić information content (AvgIpc) is 2.60. The molecule has 0 radical (unpaired) electrons. The molecule has 0 saturated heterocycles. The van der Waals surface area contributed by atoms with Gasteiger partial charge in [0, 0.05) is 5.39 Å². The molecule has 0 aliphatic carbocycles. The van der Waals surface area contributed by atoms with Gasteiger partial charge in [-0.15, -0.1) is 11.8 Å². The van der Waals surface area contributed by atoms with E-state index in [0.717, 1.165) is 15.9 Å². The molecule has 1 aromatic heterocycles. The highest BCUT2D eigenvalue weighted by Gasteiger charge is 2.08. The number of hydrogen-bond donors (Lipinski definition) is 2. The lowest BCUT2D eigenvalue weighted by Gasteiger charge is -1.95. The van der Waals surface area contributed by atoms with Crippen LogP contribution < -0.4 is 5.73 Å². The zero-order valence-corrected chi connectivity index (χ0v) is 8.52. The van der Waals surface area contributed by atoms with Crippen molar-refractivity contribution in [3.05, 3.63) is 30.0 Å². The van der Waals surface area contributed by atoms with Gasteiger partial charge in [0.25, 0.3) is 0 Å². The van der Waals surface area contributed by atoms with Gasteiger partial charge in [-0.25, -0.2) is 0 Å². The number of fused-ring (bicyclic) bond motifs is 1. The van der Waals surface area contributed by atoms with Crippen LogP contribution in [-0.2, 0) is 0 Å². The van der Waals surface area contributed by atoms with E-state index in [-0.39, 0.29) is 5.84 Å². The van der Waals surface area contributed by atoms with E-state index in [2.05, 4.69) is 0 Å². The number of furan rings is 1. The average molecular weight is 206 g/mol. The number of amidine groups is 1. The van der Waals surface area contributed by atoms with E-state index in [0.29, 0.717) is 5.76 Å². The minimum atomic E-state index is -0.0340. The van der Waals surface area contributed by atoms with Gasteiger partial charge in [0.1, 0.15) is 5.58 Å². The van der Waals surface area contributed by atoms with E-state index >= 15 is 0 Å². The number of benzene rings is 1. The van der Waals surface area contributed by atoms with E-state index in [1.54, 1.807) is 17.8 Å². The zero-order chi connectivity index (χ0) is 10.1. The molecular formula is C10H10N2OS. The van der Waals surface area contributed by atoms with Gasteiger partial charge in [0.15, 0.2) is 11.6 Å². The summed E-state index contributed by atoms with van der Waals surface area (Å²) in [5.41, 5.74) is 6.16. The van der Waals surface area contributed by atoms with Crippen LogP contribution in [0, 0.1) is 5.41 Å². The van der Waals surface area contributed by atoms with E-state index in [1.165, 1.54) is 0 Å². The minimum Gasteiger partial charge on any atom is -0.452 e. The molecule has 0 spiro atoms. The number of nitrogen functional groups attached to an aromatic ring is 1. The van der Waals surface area contributed by atoms with Crippen molar-refractivity contribution >= 4 is 28.6 Å². The first-order chi connectivity index (χ1) is 6.72. The fourth-order valence-corrected chi connectivity index (χ4v) is 1.89. The number of nitrogens with one attached hydrogen (secondary N) is 1. The summed E-state index contributed by atoms with van der Waals surface area (Å²) in [4.78, 5) is 1.06. The third-order valence-corrected chi connectivity index (χ3v) is 2.75. The van der Waals surface area contributed by atoms with E-state index in [9.17, 15) is 0 Å². The summed E-state index contributed by atoms with van der Waals surface area (Å²) < 4.78 is 5.48. The monoisotopic (exact) mass is 206 g/mol. The molecule has 3 nitrogen and oxygen atoms in total. The molecule has 0 bridgehead atoms. The largest absolute Gasteiger partial charge is 0.452 e. The lowest BCUT2D eigenvalue weighted by atomic mass is 10.2. The molecule has 0 aliphatic heterocycles. The van der Waals surface area contributed by atoms with Crippen LogP contribution in [-0.4, -0.2) is 12.1 Å². The number of para-hydroxylation sites is 1. The predicted molar refractivity (Wildman–Crippen MR) is 59.0 cm³/mol. The topological polar surface area (TPSA) is 63.0 Å². The van der Waals surface area contributed by atoms with E-state index in [4.69, 9.17) is 15.6 Å². The van der Waals surface area contributed by atoms with Gasteiger partial charge in [-0.2, -0.15) is 0 Å². The summed E-state index contributed by atoms with van der Waals surface area (Å²) in [5, 5.41) is 8.26. The number of thioether (sulfide) groups is 1. The van der Waals surface area contributed by atoms with Crippen LogP contribution in [0.5, 0.6) is 0 Å². The molecule has 3 N–H and O–H groups in total. The highest BCUT2D eigenvalue weighted by Crippen LogP contribution is 2.28. The molecule has 1 heterocycles. The number of nitrogens with two attached hydrogens (primary N) is 1.